The highest BCUT2D eigenvalue weighted by Gasteiger charge is 2.15. The van der Waals surface area contributed by atoms with Crippen LogP contribution in [-0.4, -0.2) is 24.5 Å². The molecule has 0 fully saturated rings. The summed E-state index contributed by atoms with van der Waals surface area (Å²) in [7, 11) is 0. The molecule has 0 aromatic heterocycles. The van der Waals surface area contributed by atoms with Gasteiger partial charge in [0, 0.05) is 23.7 Å². The van der Waals surface area contributed by atoms with Crippen molar-refractivity contribution in [2.24, 2.45) is 0 Å². The van der Waals surface area contributed by atoms with Crippen LogP contribution in [0.3, 0.4) is 0 Å². The summed E-state index contributed by atoms with van der Waals surface area (Å²) >= 11 is 5.99. The molecule has 2 aromatic rings. The number of hydrogen-bond acceptors (Lipinski definition) is 3. The molecule has 6 heteroatoms. The van der Waals surface area contributed by atoms with E-state index in [0.717, 1.165) is 11.1 Å². The number of halogens is 1. The molecule has 0 heterocycles. The average molecular weight is 375 g/mol. The molecule has 26 heavy (non-hydrogen) atoms. The van der Waals surface area contributed by atoms with Gasteiger partial charge in [-0.1, -0.05) is 23.7 Å². The Morgan fingerprint density at radius 1 is 1.15 bits per heavy atom. The SMILES string of the molecule is CCNC(=O)c1cccc(CNC(=O)C(C)Oc2ccc(Cl)c(C)c2)c1. The van der Waals surface area contributed by atoms with Crippen LogP contribution < -0.4 is 15.4 Å². The number of amides is 2. The van der Waals surface area contributed by atoms with Crippen LogP contribution in [-0.2, 0) is 11.3 Å². The molecule has 0 aliphatic heterocycles. The standard InChI is InChI=1S/C20H23ClN2O3/c1-4-22-20(25)16-7-5-6-15(11-16)12-23-19(24)14(3)26-17-8-9-18(21)13(2)10-17/h5-11,14H,4,12H2,1-3H3,(H,22,25)(H,23,24). The summed E-state index contributed by atoms with van der Waals surface area (Å²) in [5.74, 6) is 0.226. The average Bonchev–Trinajstić information content (AvgIpc) is 2.63. The molecule has 2 N–H and O–H groups in total. The summed E-state index contributed by atoms with van der Waals surface area (Å²) in [5.41, 5.74) is 2.30. The van der Waals surface area contributed by atoms with Crippen molar-refractivity contribution in [2.45, 2.75) is 33.4 Å². The maximum absolute atomic E-state index is 12.3. The summed E-state index contributed by atoms with van der Waals surface area (Å²) < 4.78 is 5.66. The fourth-order valence-corrected chi connectivity index (χ4v) is 2.48. The van der Waals surface area contributed by atoms with E-state index in [1.807, 2.05) is 19.9 Å². The molecule has 1 unspecified atom stereocenters. The van der Waals surface area contributed by atoms with Gasteiger partial charge in [0.2, 0.25) is 0 Å². The smallest absolute Gasteiger partial charge is 0.261 e. The predicted octanol–water partition coefficient (Wildman–Crippen LogP) is 3.48. The Hall–Kier alpha value is -2.53. The lowest BCUT2D eigenvalue weighted by atomic mass is 10.1. The second-order valence-corrected chi connectivity index (χ2v) is 6.36. The first-order chi connectivity index (χ1) is 12.4. The van der Waals surface area contributed by atoms with Gasteiger partial charge in [0.05, 0.1) is 0 Å². The number of nitrogens with one attached hydrogen (secondary N) is 2. The molecule has 2 rings (SSSR count). The lowest BCUT2D eigenvalue weighted by molar-refractivity contribution is -0.127. The van der Waals surface area contributed by atoms with Crippen LogP contribution in [0.25, 0.3) is 0 Å². The van der Waals surface area contributed by atoms with Crippen LogP contribution in [0.4, 0.5) is 0 Å². The van der Waals surface area contributed by atoms with Crippen LogP contribution in [0.2, 0.25) is 5.02 Å². The number of aryl methyl sites for hydroxylation is 1. The van der Waals surface area contributed by atoms with Gasteiger partial charge < -0.3 is 15.4 Å². The molecule has 138 valence electrons. The molecule has 0 radical (unpaired) electrons. The number of rotatable bonds is 7. The first-order valence-electron chi connectivity index (χ1n) is 8.48. The number of benzene rings is 2. The molecule has 2 aromatic carbocycles. The minimum absolute atomic E-state index is 0.129. The van der Waals surface area contributed by atoms with Gasteiger partial charge in [-0.15, -0.1) is 0 Å². The highest BCUT2D eigenvalue weighted by molar-refractivity contribution is 6.31. The maximum Gasteiger partial charge on any atom is 0.261 e. The van der Waals surface area contributed by atoms with Crippen LogP contribution in [0.1, 0.15) is 35.3 Å². The molecule has 1 atom stereocenters. The largest absolute Gasteiger partial charge is 0.481 e. The lowest BCUT2D eigenvalue weighted by Gasteiger charge is -2.15. The topological polar surface area (TPSA) is 67.4 Å². The van der Waals surface area contributed by atoms with Gasteiger partial charge in [0.15, 0.2) is 6.10 Å². The van der Waals surface area contributed by atoms with Crippen molar-refractivity contribution in [1.29, 1.82) is 0 Å². The second kappa shape index (κ2) is 9.25. The fourth-order valence-electron chi connectivity index (χ4n) is 2.37. The number of carbonyl (C=O) groups excluding carboxylic acids is 2. The number of hydrogen-bond donors (Lipinski definition) is 2. The van der Waals surface area contributed by atoms with E-state index in [1.54, 1.807) is 43.3 Å². The monoisotopic (exact) mass is 374 g/mol. The molecular weight excluding hydrogens is 352 g/mol. The predicted molar refractivity (Wildman–Crippen MR) is 103 cm³/mol. The number of ether oxygens (including phenoxy) is 1. The van der Waals surface area contributed by atoms with Gasteiger partial charge in [-0.2, -0.15) is 0 Å². The first kappa shape index (κ1) is 19.8. The Bertz CT molecular complexity index is 792. The summed E-state index contributed by atoms with van der Waals surface area (Å²) in [4.78, 5) is 24.1. The normalized spacial score (nSPS) is 11.5. The molecule has 0 bridgehead atoms. The van der Waals surface area contributed by atoms with Gasteiger partial charge in [0.25, 0.3) is 11.8 Å². The minimum Gasteiger partial charge on any atom is -0.481 e. The zero-order chi connectivity index (χ0) is 19.1. The molecular formula is C20H23ClN2O3. The Labute approximate surface area is 158 Å². The van der Waals surface area contributed by atoms with Crippen molar-refractivity contribution in [3.63, 3.8) is 0 Å². The Balaban J connectivity index is 1.92. The molecule has 0 aliphatic rings. The Morgan fingerprint density at radius 2 is 1.92 bits per heavy atom. The molecule has 0 saturated heterocycles. The van der Waals surface area contributed by atoms with E-state index < -0.39 is 6.10 Å². The van der Waals surface area contributed by atoms with Crippen LogP contribution in [0, 0.1) is 6.92 Å². The molecule has 5 nitrogen and oxygen atoms in total. The van der Waals surface area contributed by atoms with E-state index in [2.05, 4.69) is 10.6 Å². The van der Waals surface area contributed by atoms with Crippen LogP contribution in [0.5, 0.6) is 5.75 Å². The van der Waals surface area contributed by atoms with Gasteiger partial charge >= 0.3 is 0 Å². The van der Waals surface area contributed by atoms with Crippen LogP contribution >= 0.6 is 11.6 Å². The van der Waals surface area contributed by atoms with Crippen LogP contribution in [0.15, 0.2) is 42.5 Å². The van der Waals surface area contributed by atoms with E-state index in [-0.39, 0.29) is 11.8 Å². The van der Waals surface area contributed by atoms with Gasteiger partial charge in [-0.3, -0.25) is 9.59 Å². The van der Waals surface area contributed by atoms with Crippen molar-refractivity contribution in [2.75, 3.05) is 6.54 Å². The zero-order valence-corrected chi connectivity index (χ0v) is 15.9. The minimum atomic E-state index is -0.651. The quantitative estimate of drug-likeness (QED) is 0.779. The third-order valence-electron chi connectivity index (χ3n) is 3.80. The van der Waals surface area contributed by atoms with E-state index in [0.29, 0.717) is 29.4 Å². The third-order valence-corrected chi connectivity index (χ3v) is 4.23. The Kier molecular flexibility index (Phi) is 7.04. The molecule has 0 aliphatic carbocycles. The fraction of sp³-hybridized carbons (Fsp3) is 0.300. The third kappa shape index (κ3) is 5.49. The highest BCUT2D eigenvalue weighted by Crippen LogP contribution is 2.21. The van der Waals surface area contributed by atoms with Gasteiger partial charge in [-0.05, 0) is 62.2 Å². The van der Waals surface area contributed by atoms with Crippen molar-refractivity contribution in [3.8, 4) is 5.75 Å². The van der Waals surface area contributed by atoms with E-state index in [1.165, 1.54) is 0 Å². The van der Waals surface area contributed by atoms with Gasteiger partial charge in [-0.25, -0.2) is 0 Å². The maximum atomic E-state index is 12.3. The molecule has 0 spiro atoms. The first-order valence-corrected chi connectivity index (χ1v) is 8.86. The van der Waals surface area contributed by atoms with E-state index in [9.17, 15) is 9.59 Å². The van der Waals surface area contributed by atoms with Crippen molar-refractivity contribution < 1.29 is 14.3 Å². The molecule has 0 saturated carbocycles. The van der Waals surface area contributed by atoms with Gasteiger partial charge in [0.1, 0.15) is 5.75 Å². The number of carbonyl (C=O) groups is 2. The second-order valence-electron chi connectivity index (χ2n) is 5.95. The molecule has 2 amide bonds. The van der Waals surface area contributed by atoms with E-state index in [4.69, 9.17) is 16.3 Å². The highest BCUT2D eigenvalue weighted by atomic mass is 35.5. The Morgan fingerprint density at radius 3 is 2.62 bits per heavy atom. The summed E-state index contributed by atoms with van der Waals surface area (Å²) in [5, 5.41) is 6.23. The van der Waals surface area contributed by atoms with Crippen molar-refractivity contribution >= 4 is 23.4 Å². The zero-order valence-electron chi connectivity index (χ0n) is 15.1. The summed E-state index contributed by atoms with van der Waals surface area (Å²) in [6.45, 7) is 6.32. The van der Waals surface area contributed by atoms with Crippen molar-refractivity contribution in [3.05, 3.63) is 64.2 Å². The summed E-state index contributed by atoms with van der Waals surface area (Å²) in [6.07, 6.45) is -0.651. The van der Waals surface area contributed by atoms with Crippen molar-refractivity contribution in [1.82, 2.24) is 10.6 Å². The van der Waals surface area contributed by atoms with E-state index >= 15 is 0 Å². The lowest BCUT2D eigenvalue weighted by Crippen LogP contribution is -2.36. The summed E-state index contributed by atoms with van der Waals surface area (Å²) in [6, 6.07) is 12.4.